The van der Waals surface area contributed by atoms with Crippen molar-refractivity contribution in [2.24, 2.45) is 0 Å². The van der Waals surface area contributed by atoms with Gasteiger partial charge in [-0.25, -0.2) is 0 Å². The van der Waals surface area contributed by atoms with E-state index in [4.69, 9.17) is 11.6 Å². The Balaban J connectivity index is 1.79. The Labute approximate surface area is 136 Å². The quantitative estimate of drug-likeness (QED) is 0.537. The molecular weight excluding hydrogens is 300 g/mol. The molecule has 0 bridgehead atoms. The maximum Gasteiger partial charge on any atom is 0.0728 e. The van der Waals surface area contributed by atoms with Crippen molar-refractivity contribution in [3.8, 4) is 0 Å². The topological polar surface area (TPSA) is 24.9 Å². The van der Waals surface area contributed by atoms with Gasteiger partial charge in [0, 0.05) is 27.5 Å². The number of nitrogens with one attached hydrogen (secondary N) is 1. The molecule has 21 heavy (non-hydrogen) atoms. The maximum absolute atomic E-state index is 6.02. The van der Waals surface area contributed by atoms with Crippen LogP contribution in [0.15, 0.2) is 35.4 Å². The monoisotopic (exact) mass is 322 g/mol. The molecular formula is C17H23ClN2S. The van der Waals surface area contributed by atoms with E-state index in [9.17, 15) is 0 Å². The van der Waals surface area contributed by atoms with Crippen LogP contribution < -0.4 is 5.32 Å². The lowest BCUT2D eigenvalue weighted by molar-refractivity contribution is 0.555. The fourth-order valence-corrected chi connectivity index (χ4v) is 3.42. The molecule has 1 N–H and O–H groups in total. The first kappa shape index (κ1) is 16.6. The van der Waals surface area contributed by atoms with Crippen molar-refractivity contribution in [3.05, 3.63) is 35.5 Å². The van der Waals surface area contributed by atoms with Crippen LogP contribution in [0, 0.1) is 0 Å². The SMILES string of the molecule is CC(C)NCCCCCSc1ccnc2cc(Cl)ccc12. The van der Waals surface area contributed by atoms with Gasteiger partial charge in [-0.15, -0.1) is 11.8 Å². The Morgan fingerprint density at radius 3 is 2.86 bits per heavy atom. The lowest BCUT2D eigenvalue weighted by Crippen LogP contribution is -2.23. The van der Waals surface area contributed by atoms with E-state index in [-0.39, 0.29) is 0 Å². The molecule has 0 saturated heterocycles. The minimum atomic E-state index is 0.592. The van der Waals surface area contributed by atoms with Gasteiger partial charge in [0.2, 0.25) is 0 Å². The summed E-state index contributed by atoms with van der Waals surface area (Å²) in [5.41, 5.74) is 0.980. The Morgan fingerprint density at radius 2 is 2.05 bits per heavy atom. The van der Waals surface area contributed by atoms with Crippen molar-refractivity contribution < 1.29 is 0 Å². The molecule has 0 spiro atoms. The minimum absolute atomic E-state index is 0.592. The molecule has 2 nitrogen and oxygen atoms in total. The third-order valence-electron chi connectivity index (χ3n) is 3.30. The predicted molar refractivity (Wildman–Crippen MR) is 94.5 cm³/mol. The summed E-state index contributed by atoms with van der Waals surface area (Å²) in [6, 6.07) is 8.63. The third kappa shape index (κ3) is 5.50. The average Bonchev–Trinajstić information content (AvgIpc) is 2.45. The maximum atomic E-state index is 6.02. The summed E-state index contributed by atoms with van der Waals surface area (Å²) in [7, 11) is 0. The van der Waals surface area contributed by atoms with Gasteiger partial charge in [0.05, 0.1) is 5.52 Å². The molecule has 2 aromatic rings. The van der Waals surface area contributed by atoms with Crippen LogP contribution in [-0.4, -0.2) is 23.3 Å². The number of hydrogen-bond acceptors (Lipinski definition) is 3. The summed E-state index contributed by atoms with van der Waals surface area (Å²) in [6.45, 7) is 5.51. The standard InChI is InChI=1S/C17H23ClN2S/c1-13(2)19-9-4-3-5-11-21-17-8-10-20-16-12-14(18)6-7-15(16)17/h6-8,10,12-13,19H,3-5,9,11H2,1-2H3. The zero-order chi connectivity index (χ0) is 15.1. The highest BCUT2D eigenvalue weighted by atomic mass is 35.5. The molecule has 0 radical (unpaired) electrons. The molecule has 114 valence electrons. The summed E-state index contributed by atoms with van der Waals surface area (Å²) in [4.78, 5) is 5.68. The second-order valence-corrected chi connectivity index (χ2v) is 7.06. The lowest BCUT2D eigenvalue weighted by atomic mass is 10.2. The van der Waals surface area contributed by atoms with E-state index in [0.717, 1.165) is 22.8 Å². The van der Waals surface area contributed by atoms with Crippen molar-refractivity contribution in [2.45, 2.75) is 44.0 Å². The number of rotatable bonds is 8. The largest absolute Gasteiger partial charge is 0.315 e. The van der Waals surface area contributed by atoms with Crippen LogP contribution in [0.2, 0.25) is 5.02 Å². The first-order chi connectivity index (χ1) is 10.2. The molecule has 0 atom stereocenters. The first-order valence-corrected chi connectivity index (χ1v) is 8.93. The van der Waals surface area contributed by atoms with Crippen LogP contribution in [0.1, 0.15) is 33.1 Å². The predicted octanol–water partition coefficient (Wildman–Crippen LogP) is 5.15. The van der Waals surface area contributed by atoms with Crippen molar-refractivity contribution >= 4 is 34.3 Å². The molecule has 0 amide bonds. The van der Waals surface area contributed by atoms with E-state index in [1.54, 1.807) is 0 Å². The second-order valence-electron chi connectivity index (χ2n) is 5.49. The highest BCUT2D eigenvalue weighted by Crippen LogP contribution is 2.28. The summed E-state index contributed by atoms with van der Waals surface area (Å²) in [5, 5.41) is 5.40. The van der Waals surface area contributed by atoms with E-state index in [1.807, 2.05) is 30.1 Å². The molecule has 1 heterocycles. The second kappa shape index (κ2) is 8.62. The third-order valence-corrected chi connectivity index (χ3v) is 4.69. The van der Waals surface area contributed by atoms with Crippen molar-refractivity contribution in [2.75, 3.05) is 12.3 Å². The molecule has 0 unspecified atom stereocenters. The molecule has 0 aliphatic rings. The summed E-state index contributed by atoms with van der Waals surface area (Å²) >= 11 is 7.93. The number of fused-ring (bicyclic) bond motifs is 1. The molecule has 0 aliphatic heterocycles. The Kier molecular flexibility index (Phi) is 6.81. The van der Waals surface area contributed by atoms with E-state index in [0.29, 0.717) is 6.04 Å². The van der Waals surface area contributed by atoms with Crippen molar-refractivity contribution in [3.63, 3.8) is 0 Å². The van der Waals surface area contributed by atoms with Gasteiger partial charge < -0.3 is 5.32 Å². The van der Waals surface area contributed by atoms with Gasteiger partial charge in [0.15, 0.2) is 0 Å². The fourth-order valence-electron chi connectivity index (χ4n) is 2.20. The Bertz CT molecular complexity index is 572. The molecule has 0 saturated carbocycles. The summed E-state index contributed by atoms with van der Waals surface area (Å²) in [5.74, 6) is 1.16. The highest BCUT2D eigenvalue weighted by molar-refractivity contribution is 7.99. The molecule has 0 aliphatic carbocycles. The number of benzene rings is 1. The van der Waals surface area contributed by atoms with Crippen LogP contribution >= 0.6 is 23.4 Å². The van der Waals surface area contributed by atoms with Crippen molar-refractivity contribution in [1.82, 2.24) is 10.3 Å². The van der Waals surface area contributed by atoms with Gasteiger partial charge in [-0.05, 0) is 43.3 Å². The molecule has 1 aromatic carbocycles. The van der Waals surface area contributed by atoms with Crippen LogP contribution in [0.3, 0.4) is 0 Å². The van der Waals surface area contributed by atoms with Gasteiger partial charge in [0.1, 0.15) is 0 Å². The number of aromatic nitrogens is 1. The van der Waals surface area contributed by atoms with Crippen LogP contribution in [0.5, 0.6) is 0 Å². The Hall–Kier alpha value is -0.770. The Morgan fingerprint density at radius 1 is 1.19 bits per heavy atom. The van der Waals surface area contributed by atoms with Gasteiger partial charge in [-0.2, -0.15) is 0 Å². The van der Waals surface area contributed by atoms with E-state index >= 15 is 0 Å². The highest BCUT2D eigenvalue weighted by Gasteiger charge is 2.03. The molecule has 0 fully saturated rings. The average molecular weight is 323 g/mol. The van der Waals surface area contributed by atoms with Crippen molar-refractivity contribution in [1.29, 1.82) is 0 Å². The number of hydrogen-bond donors (Lipinski definition) is 1. The zero-order valence-electron chi connectivity index (χ0n) is 12.7. The molecule has 1 aromatic heterocycles. The lowest BCUT2D eigenvalue weighted by Gasteiger charge is -2.08. The van der Waals surface area contributed by atoms with Crippen LogP contribution in [0.4, 0.5) is 0 Å². The van der Waals surface area contributed by atoms with E-state index < -0.39 is 0 Å². The van der Waals surface area contributed by atoms with Gasteiger partial charge >= 0.3 is 0 Å². The summed E-state index contributed by atoms with van der Waals surface area (Å²) < 4.78 is 0. The smallest absolute Gasteiger partial charge is 0.0728 e. The normalized spacial score (nSPS) is 11.4. The van der Waals surface area contributed by atoms with E-state index in [1.165, 1.54) is 29.5 Å². The minimum Gasteiger partial charge on any atom is -0.315 e. The van der Waals surface area contributed by atoms with Gasteiger partial charge in [-0.1, -0.05) is 37.9 Å². The first-order valence-electron chi connectivity index (χ1n) is 7.57. The number of thioether (sulfide) groups is 1. The van der Waals surface area contributed by atoms with Gasteiger partial charge in [0.25, 0.3) is 0 Å². The molecule has 4 heteroatoms. The number of halogens is 1. The number of nitrogens with zero attached hydrogens (tertiary/aromatic N) is 1. The number of pyridine rings is 1. The summed E-state index contributed by atoms with van der Waals surface area (Å²) in [6.07, 6.45) is 5.66. The molecule has 2 rings (SSSR count). The van der Waals surface area contributed by atoms with Gasteiger partial charge in [-0.3, -0.25) is 4.98 Å². The van der Waals surface area contributed by atoms with Crippen LogP contribution in [-0.2, 0) is 0 Å². The number of unbranched alkanes of at least 4 members (excludes halogenated alkanes) is 2. The van der Waals surface area contributed by atoms with E-state index in [2.05, 4.69) is 36.3 Å². The van der Waals surface area contributed by atoms with Crippen LogP contribution in [0.25, 0.3) is 10.9 Å². The zero-order valence-corrected chi connectivity index (χ0v) is 14.3. The fraction of sp³-hybridized carbons (Fsp3) is 0.471.